The minimum absolute atomic E-state index is 0.186. The SMILES string of the molecule is CC(C)(C)c1ccc2cc(-c3ccc4ccccc4c3)ccc2c1. The van der Waals surface area contributed by atoms with Crippen molar-refractivity contribution in [3.8, 4) is 11.1 Å². The summed E-state index contributed by atoms with van der Waals surface area (Å²) in [5.41, 5.74) is 4.12. The van der Waals surface area contributed by atoms with Crippen LogP contribution in [0.2, 0.25) is 0 Å². The lowest BCUT2D eigenvalue weighted by atomic mass is 9.85. The molecule has 0 heterocycles. The van der Waals surface area contributed by atoms with Crippen molar-refractivity contribution in [2.24, 2.45) is 0 Å². The molecule has 0 aliphatic rings. The normalized spacial score (nSPS) is 12.0. The van der Waals surface area contributed by atoms with Gasteiger partial charge in [-0.3, -0.25) is 0 Å². The third-order valence-corrected chi connectivity index (χ3v) is 4.79. The molecule has 118 valence electrons. The highest BCUT2D eigenvalue weighted by Gasteiger charge is 2.13. The minimum Gasteiger partial charge on any atom is -0.0616 e. The second-order valence-electron chi connectivity index (χ2n) is 7.59. The van der Waals surface area contributed by atoms with E-state index < -0.39 is 0 Å². The third-order valence-electron chi connectivity index (χ3n) is 4.79. The summed E-state index contributed by atoms with van der Waals surface area (Å²) in [4.78, 5) is 0. The molecule has 0 bridgehead atoms. The summed E-state index contributed by atoms with van der Waals surface area (Å²) in [7, 11) is 0. The van der Waals surface area contributed by atoms with Crippen molar-refractivity contribution in [3.05, 3.63) is 84.4 Å². The second kappa shape index (κ2) is 5.49. The minimum atomic E-state index is 0.186. The molecule has 0 atom stereocenters. The Morgan fingerprint density at radius 1 is 0.500 bits per heavy atom. The lowest BCUT2D eigenvalue weighted by Gasteiger charge is -2.19. The molecule has 0 N–H and O–H groups in total. The first-order chi connectivity index (χ1) is 11.5. The average Bonchev–Trinajstić information content (AvgIpc) is 2.59. The molecule has 0 radical (unpaired) electrons. The Bertz CT molecular complexity index is 1030. The van der Waals surface area contributed by atoms with Gasteiger partial charge < -0.3 is 0 Å². The molecule has 0 amide bonds. The van der Waals surface area contributed by atoms with Crippen LogP contribution in [0.3, 0.4) is 0 Å². The van der Waals surface area contributed by atoms with Crippen LogP contribution in [0, 0.1) is 0 Å². The first-order valence-corrected chi connectivity index (χ1v) is 8.54. The zero-order chi connectivity index (χ0) is 16.7. The van der Waals surface area contributed by atoms with Crippen LogP contribution < -0.4 is 0 Å². The fourth-order valence-corrected chi connectivity index (χ4v) is 3.26. The van der Waals surface area contributed by atoms with Gasteiger partial charge in [0, 0.05) is 0 Å². The van der Waals surface area contributed by atoms with Crippen LogP contribution in [0.1, 0.15) is 26.3 Å². The molecule has 4 aromatic rings. The summed E-state index contributed by atoms with van der Waals surface area (Å²) in [6, 6.07) is 28.8. The van der Waals surface area contributed by atoms with E-state index in [1.165, 1.54) is 38.2 Å². The van der Waals surface area contributed by atoms with Crippen molar-refractivity contribution < 1.29 is 0 Å². The van der Waals surface area contributed by atoms with E-state index >= 15 is 0 Å². The van der Waals surface area contributed by atoms with Crippen LogP contribution in [0.4, 0.5) is 0 Å². The third kappa shape index (κ3) is 2.69. The molecular formula is C24H22. The van der Waals surface area contributed by atoms with E-state index in [2.05, 4.69) is 99.6 Å². The van der Waals surface area contributed by atoms with Gasteiger partial charge in [0.15, 0.2) is 0 Å². The Morgan fingerprint density at radius 2 is 1.00 bits per heavy atom. The van der Waals surface area contributed by atoms with Crippen molar-refractivity contribution in [3.63, 3.8) is 0 Å². The van der Waals surface area contributed by atoms with E-state index in [4.69, 9.17) is 0 Å². The number of rotatable bonds is 1. The smallest absolute Gasteiger partial charge is 0.0132 e. The molecule has 0 nitrogen and oxygen atoms in total. The zero-order valence-corrected chi connectivity index (χ0v) is 14.5. The molecule has 0 heteroatoms. The van der Waals surface area contributed by atoms with Crippen molar-refractivity contribution in [2.75, 3.05) is 0 Å². The first-order valence-electron chi connectivity index (χ1n) is 8.54. The lowest BCUT2D eigenvalue weighted by molar-refractivity contribution is 0.591. The molecule has 4 aromatic carbocycles. The number of hydrogen-bond acceptors (Lipinski definition) is 0. The summed E-state index contributed by atoms with van der Waals surface area (Å²) in [5.74, 6) is 0. The maximum absolute atomic E-state index is 2.32. The predicted octanol–water partition coefficient (Wildman–Crippen LogP) is 6.96. The van der Waals surface area contributed by atoms with Crippen molar-refractivity contribution in [1.29, 1.82) is 0 Å². The maximum atomic E-state index is 2.32. The lowest BCUT2D eigenvalue weighted by Crippen LogP contribution is -2.10. The summed E-state index contributed by atoms with van der Waals surface area (Å²) < 4.78 is 0. The van der Waals surface area contributed by atoms with Gasteiger partial charge in [0.1, 0.15) is 0 Å². The molecule has 0 spiro atoms. The average molecular weight is 310 g/mol. The quantitative estimate of drug-likeness (QED) is 0.356. The summed E-state index contributed by atoms with van der Waals surface area (Å²) in [5, 5.41) is 5.19. The molecule has 0 aliphatic heterocycles. The van der Waals surface area contributed by atoms with Gasteiger partial charge in [0.2, 0.25) is 0 Å². The summed E-state index contributed by atoms with van der Waals surface area (Å²) >= 11 is 0. The van der Waals surface area contributed by atoms with Gasteiger partial charge in [0.25, 0.3) is 0 Å². The molecule has 0 aliphatic carbocycles. The van der Waals surface area contributed by atoms with Gasteiger partial charge >= 0.3 is 0 Å². The largest absolute Gasteiger partial charge is 0.0616 e. The number of fused-ring (bicyclic) bond motifs is 2. The van der Waals surface area contributed by atoms with Crippen LogP contribution in [0.15, 0.2) is 78.9 Å². The van der Waals surface area contributed by atoms with Crippen molar-refractivity contribution in [1.82, 2.24) is 0 Å². The number of benzene rings is 4. The molecule has 0 unspecified atom stereocenters. The van der Waals surface area contributed by atoms with E-state index in [-0.39, 0.29) is 5.41 Å². The zero-order valence-electron chi connectivity index (χ0n) is 14.5. The Morgan fingerprint density at radius 3 is 1.67 bits per heavy atom. The van der Waals surface area contributed by atoms with E-state index in [0.717, 1.165) is 0 Å². The Kier molecular flexibility index (Phi) is 3.42. The Labute approximate surface area is 143 Å². The van der Waals surface area contributed by atoms with Crippen LogP contribution in [0.5, 0.6) is 0 Å². The molecule has 0 saturated heterocycles. The van der Waals surface area contributed by atoms with Gasteiger partial charge in [-0.2, -0.15) is 0 Å². The van der Waals surface area contributed by atoms with Crippen molar-refractivity contribution >= 4 is 21.5 Å². The van der Waals surface area contributed by atoms with E-state index in [0.29, 0.717) is 0 Å². The van der Waals surface area contributed by atoms with Gasteiger partial charge in [-0.25, -0.2) is 0 Å². The maximum Gasteiger partial charge on any atom is -0.0132 e. The first kappa shape index (κ1) is 15.0. The fraction of sp³-hybridized carbons (Fsp3) is 0.167. The van der Waals surface area contributed by atoms with E-state index in [9.17, 15) is 0 Å². The van der Waals surface area contributed by atoms with Gasteiger partial charge in [-0.15, -0.1) is 0 Å². The summed E-state index contributed by atoms with van der Waals surface area (Å²) in [6.07, 6.45) is 0. The molecule has 0 saturated carbocycles. The monoisotopic (exact) mass is 310 g/mol. The predicted molar refractivity (Wildman–Crippen MR) is 106 cm³/mol. The molecule has 0 aromatic heterocycles. The molecule has 4 rings (SSSR count). The second-order valence-corrected chi connectivity index (χ2v) is 7.59. The highest BCUT2D eigenvalue weighted by molar-refractivity contribution is 5.91. The Hall–Kier alpha value is -2.60. The molecule has 0 fully saturated rings. The van der Waals surface area contributed by atoms with Gasteiger partial charge in [-0.1, -0.05) is 87.5 Å². The Balaban J connectivity index is 1.81. The van der Waals surface area contributed by atoms with Crippen LogP contribution in [0.25, 0.3) is 32.7 Å². The van der Waals surface area contributed by atoms with Crippen molar-refractivity contribution in [2.45, 2.75) is 26.2 Å². The van der Waals surface area contributed by atoms with E-state index in [1.54, 1.807) is 0 Å². The fourth-order valence-electron chi connectivity index (χ4n) is 3.26. The van der Waals surface area contributed by atoms with Gasteiger partial charge in [0.05, 0.1) is 0 Å². The van der Waals surface area contributed by atoms with Crippen LogP contribution in [-0.4, -0.2) is 0 Å². The van der Waals surface area contributed by atoms with Crippen LogP contribution in [-0.2, 0) is 5.41 Å². The standard InChI is InChI=1S/C24H22/c1-24(2,3)23-13-12-21-15-20(10-11-22(21)16-23)19-9-8-17-6-4-5-7-18(17)14-19/h4-16H,1-3H3. The molecule has 24 heavy (non-hydrogen) atoms. The van der Waals surface area contributed by atoms with Gasteiger partial charge in [-0.05, 0) is 55.8 Å². The highest BCUT2D eigenvalue weighted by atomic mass is 14.2. The topological polar surface area (TPSA) is 0 Å². The number of hydrogen-bond donors (Lipinski definition) is 0. The molecular weight excluding hydrogens is 288 g/mol. The highest BCUT2D eigenvalue weighted by Crippen LogP contribution is 2.30. The van der Waals surface area contributed by atoms with E-state index in [1.807, 2.05) is 0 Å². The van der Waals surface area contributed by atoms with Crippen LogP contribution >= 0.6 is 0 Å². The summed E-state index contributed by atoms with van der Waals surface area (Å²) in [6.45, 7) is 6.78.